The smallest absolute Gasteiger partial charge is 0.255 e. The summed E-state index contributed by atoms with van der Waals surface area (Å²) in [6, 6.07) is 4.63. The van der Waals surface area contributed by atoms with Gasteiger partial charge in [-0.2, -0.15) is 0 Å². The number of aliphatic hydroxyl groups excluding tert-OH is 1. The van der Waals surface area contributed by atoms with Gasteiger partial charge in [-0.15, -0.1) is 0 Å². The van der Waals surface area contributed by atoms with Gasteiger partial charge in [0, 0.05) is 6.54 Å². The molecule has 0 aliphatic rings. The molecule has 15 heavy (non-hydrogen) atoms. The van der Waals surface area contributed by atoms with Crippen LogP contribution in [0, 0.1) is 0 Å². The Hall–Kier alpha value is -1.75. The minimum Gasteiger partial charge on any atom is -0.504 e. The average molecular weight is 211 g/mol. The minimum atomic E-state index is -0.444. The van der Waals surface area contributed by atoms with Crippen LogP contribution in [0.4, 0.5) is 0 Å². The van der Waals surface area contributed by atoms with Gasteiger partial charge in [0.15, 0.2) is 11.5 Å². The first-order valence-electron chi connectivity index (χ1n) is 4.45. The van der Waals surface area contributed by atoms with E-state index in [-0.39, 0.29) is 30.2 Å². The highest BCUT2D eigenvalue weighted by molar-refractivity contribution is 5.97. The molecule has 0 bridgehead atoms. The standard InChI is InChI=1S/C10H13NO4/c1-15-8-4-2-3-7(9(8)13)10(14)11-5-6-12/h2-4,12-13H,5-6H2,1H3,(H,11,14). The lowest BCUT2D eigenvalue weighted by atomic mass is 10.1. The molecule has 0 saturated heterocycles. The van der Waals surface area contributed by atoms with Crippen molar-refractivity contribution >= 4 is 5.91 Å². The number of nitrogens with one attached hydrogen (secondary N) is 1. The minimum absolute atomic E-state index is 0.128. The van der Waals surface area contributed by atoms with Crippen LogP contribution in [0.1, 0.15) is 10.4 Å². The second-order valence-electron chi connectivity index (χ2n) is 2.84. The van der Waals surface area contributed by atoms with Crippen molar-refractivity contribution in [2.75, 3.05) is 20.3 Å². The van der Waals surface area contributed by atoms with E-state index in [1.807, 2.05) is 0 Å². The lowest BCUT2D eigenvalue weighted by molar-refractivity contribution is 0.0941. The highest BCUT2D eigenvalue weighted by Crippen LogP contribution is 2.28. The van der Waals surface area contributed by atoms with Crippen LogP contribution in [-0.4, -0.2) is 36.4 Å². The number of benzene rings is 1. The van der Waals surface area contributed by atoms with Crippen LogP contribution in [0.2, 0.25) is 0 Å². The van der Waals surface area contributed by atoms with Crippen LogP contribution in [0.3, 0.4) is 0 Å². The lowest BCUT2D eigenvalue weighted by Gasteiger charge is -2.08. The van der Waals surface area contributed by atoms with Crippen molar-refractivity contribution in [3.63, 3.8) is 0 Å². The van der Waals surface area contributed by atoms with E-state index >= 15 is 0 Å². The Labute approximate surface area is 87.3 Å². The van der Waals surface area contributed by atoms with Gasteiger partial charge in [0.2, 0.25) is 0 Å². The maximum Gasteiger partial charge on any atom is 0.255 e. The topological polar surface area (TPSA) is 78.8 Å². The molecule has 0 spiro atoms. The van der Waals surface area contributed by atoms with E-state index in [1.165, 1.54) is 13.2 Å². The third kappa shape index (κ3) is 2.60. The number of carbonyl (C=O) groups is 1. The molecule has 5 nitrogen and oxygen atoms in total. The molecule has 82 valence electrons. The predicted molar refractivity (Wildman–Crippen MR) is 54.1 cm³/mol. The van der Waals surface area contributed by atoms with Crippen LogP contribution in [0.25, 0.3) is 0 Å². The number of methoxy groups -OCH3 is 1. The van der Waals surface area contributed by atoms with Gasteiger partial charge in [-0.3, -0.25) is 4.79 Å². The van der Waals surface area contributed by atoms with Crippen molar-refractivity contribution < 1.29 is 19.7 Å². The Morgan fingerprint density at radius 3 is 2.87 bits per heavy atom. The molecule has 0 atom stereocenters. The zero-order valence-corrected chi connectivity index (χ0v) is 8.36. The number of aromatic hydroxyl groups is 1. The monoisotopic (exact) mass is 211 g/mol. The van der Waals surface area contributed by atoms with Crippen molar-refractivity contribution in [2.24, 2.45) is 0 Å². The number of amides is 1. The number of hydrogen-bond acceptors (Lipinski definition) is 4. The highest BCUT2D eigenvalue weighted by Gasteiger charge is 2.13. The van der Waals surface area contributed by atoms with E-state index in [4.69, 9.17) is 9.84 Å². The van der Waals surface area contributed by atoms with E-state index in [0.717, 1.165) is 0 Å². The molecule has 3 N–H and O–H groups in total. The van der Waals surface area contributed by atoms with Gasteiger partial charge in [0.1, 0.15) is 0 Å². The molecule has 1 aromatic rings. The van der Waals surface area contributed by atoms with Crippen LogP contribution in [0.15, 0.2) is 18.2 Å². The molecule has 0 aliphatic heterocycles. The summed E-state index contributed by atoms with van der Waals surface area (Å²) in [5.74, 6) is -0.400. The van der Waals surface area contributed by atoms with Crippen molar-refractivity contribution in [3.05, 3.63) is 23.8 Å². The van der Waals surface area contributed by atoms with Crippen LogP contribution < -0.4 is 10.1 Å². The average Bonchev–Trinajstić information content (AvgIpc) is 2.26. The van der Waals surface area contributed by atoms with Gasteiger partial charge in [-0.25, -0.2) is 0 Å². The quantitative estimate of drug-likeness (QED) is 0.661. The highest BCUT2D eigenvalue weighted by atomic mass is 16.5. The normalized spacial score (nSPS) is 9.73. The first kappa shape index (κ1) is 11.3. The molecule has 0 aliphatic carbocycles. The number of para-hydroxylation sites is 1. The Balaban J connectivity index is 2.89. The Bertz CT molecular complexity index is 351. The number of hydrogen-bond donors (Lipinski definition) is 3. The second-order valence-corrected chi connectivity index (χ2v) is 2.84. The fourth-order valence-corrected chi connectivity index (χ4v) is 1.13. The summed E-state index contributed by atoms with van der Waals surface area (Å²) in [5.41, 5.74) is 0.128. The number of aliphatic hydroxyl groups is 1. The number of carbonyl (C=O) groups excluding carboxylic acids is 1. The third-order valence-corrected chi connectivity index (χ3v) is 1.86. The molecule has 0 heterocycles. The van der Waals surface area contributed by atoms with E-state index in [0.29, 0.717) is 0 Å². The Morgan fingerprint density at radius 2 is 2.27 bits per heavy atom. The summed E-state index contributed by atoms with van der Waals surface area (Å²) in [4.78, 5) is 11.5. The van der Waals surface area contributed by atoms with Gasteiger partial charge >= 0.3 is 0 Å². The summed E-state index contributed by atoms with van der Waals surface area (Å²) in [7, 11) is 1.41. The van der Waals surface area contributed by atoms with E-state index in [1.54, 1.807) is 12.1 Å². The second kappa shape index (κ2) is 5.21. The van der Waals surface area contributed by atoms with Crippen molar-refractivity contribution in [3.8, 4) is 11.5 Å². The van der Waals surface area contributed by atoms with Crippen LogP contribution in [0.5, 0.6) is 11.5 Å². The van der Waals surface area contributed by atoms with Crippen molar-refractivity contribution in [1.82, 2.24) is 5.32 Å². The van der Waals surface area contributed by atoms with Gasteiger partial charge < -0.3 is 20.3 Å². The lowest BCUT2D eigenvalue weighted by Crippen LogP contribution is -2.26. The largest absolute Gasteiger partial charge is 0.504 e. The van der Waals surface area contributed by atoms with Crippen molar-refractivity contribution in [1.29, 1.82) is 0 Å². The molecule has 1 aromatic carbocycles. The molecule has 0 unspecified atom stereocenters. The van der Waals surface area contributed by atoms with Gasteiger partial charge in [0.25, 0.3) is 5.91 Å². The summed E-state index contributed by atoms with van der Waals surface area (Å²) in [6.07, 6.45) is 0. The van der Waals surface area contributed by atoms with Crippen LogP contribution >= 0.6 is 0 Å². The van der Waals surface area contributed by atoms with E-state index < -0.39 is 5.91 Å². The molecular formula is C10H13NO4. The molecule has 1 amide bonds. The fourth-order valence-electron chi connectivity index (χ4n) is 1.13. The van der Waals surface area contributed by atoms with Gasteiger partial charge in [-0.05, 0) is 12.1 Å². The number of phenols is 1. The zero-order chi connectivity index (χ0) is 11.3. The molecule has 0 aromatic heterocycles. The number of ether oxygens (including phenoxy) is 1. The van der Waals surface area contributed by atoms with Crippen LogP contribution in [-0.2, 0) is 0 Å². The zero-order valence-electron chi connectivity index (χ0n) is 8.36. The maximum absolute atomic E-state index is 11.5. The molecule has 0 fully saturated rings. The SMILES string of the molecule is COc1cccc(C(=O)NCCO)c1O. The molecule has 0 radical (unpaired) electrons. The van der Waals surface area contributed by atoms with E-state index in [9.17, 15) is 9.90 Å². The molecule has 1 rings (SSSR count). The molecular weight excluding hydrogens is 198 g/mol. The molecule has 0 saturated carbocycles. The maximum atomic E-state index is 11.5. The Morgan fingerprint density at radius 1 is 1.53 bits per heavy atom. The number of rotatable bonds is 4. The summed E-state index contributed by atoms with van der Waals surface area (Å²) >= 11 is 0. The van der Waals surface area contributed by atoms with Gasteiger partial charge in [0.05, 0.1) is 19.3 Å². The Kier molecular flexibility index (Phi) is 3.93. The van der Waals surface area contributed by atoms with Gasteiger partial charge in [-0.1, -0.05) is 6.07 Å². The predicted octanol–water partition coefficient (Wildman–Crippen LogP) is 0.123. The van der Waals surface area contributed by atoms with Crippen molar-refractivity contribution in [2.45, 2.75) is 0 Å². The van der Waals surface area contributed by atoms with E-state index in [2.05, 4.69) is 5.32 Å². The molecule has 5 heteroatoms. The fraction of sp³-hybridized carbons (Fsp3) is 0.300. The summed E-state index contributed by atoms with van der Waals surface area (Å²) in [6.45, 7) is 0.00591. The summed E-state index contributed by atoms with van der Waals surface area (Å²) in [5, 5.41) is 20.6. The number of phenolic OH excluding ortho intramolecular Hbond substituents is 1. The first-order chi connectivity index (χ1) is 7.20. The summed E-state index contributed by atoms with van der Waals surface area (Å²) < 4.78 is 4.86. The first-order valence-corrected chi connectivity index (χ1v) is 4.45. The third-order valence-electron chi connectivity index (χ3n) is 1.86.